The van der Waals surface area contributed by atoms with Crippen molar-refractivity contribution < 1.29 is 9.86 Å². The topological polar surface area (TPSA) is 106 Å². The minimum atomic E-state index is -0.574. The summed E-state index contributed by atoms with van der Waals surface area (Å²) < 4.78 is 0. The van der Waals surface area contributed by atoms with Gasteiger partial charge in [-0.1, -0.05) is 5.16 Å². The molecule has 2 aliphatic rings. The fraction of sp³-hybridized carbons (Fsp3) is 0.444. The molecule has 2 rings (SSSR count). The van der Waals surface area contributed by atoms with Gasteiger partial charge in [0.25, 0.3) is 5.70 Å². The molecule has 1 aliphatic heterocycles. The van der Waals surface area contributed by atoms with Crippen molar-refractivity contribution in [2.24, 2.45) is 10.9 Å². The van der Waals surface area contributed by atoms with Gasteiger partial charge in [0.15, 0.2) is 6.04 Å². The van der Waals surface area contributed by atoms with Crippen molar-refractivity contribution in [2.75, 3.05) is 20.1 Å². The zero-order valence-corrected chi connectivity index (χ0v) is 9.29. The quantitative estimate of drug-likeness (QED) is 0.491. The highest BCUT2D eigenvalue weighted by atomic mass is 16.8. The smallest absolute Gasteiger partial charge is 0.273 e. The van der Waals surface area contributed by atoms with E-state index in [2.05, 4.69) is 10.5 Å². The van der Waals surface area contributed by atoms with E-state index in [1.54, 1.807) is 13.1 Å². The van der Waals surface area contributed by atoms with Gasteiger partial charge in [-0.15, -0.1) is 5.06 Å². The first kappa shape index (κ1) is 11.6. The van der Waals surface area contributed by atoms with Gasteiger partial charge in [0.05, 0.1) is 10.6 Å². The van der Waals surface area contributed by atoms with Gasteiger partial charge < -0.3 is 11.1 Å². The molecular weight excluding hydrogens is 226 g/mol. The summed E-state index contributed by atoms with van der Waals surface area (Å²) in [4.78, 5) is 15.4. The summed E-state index contributed by atoms with van der Waals surface area (Å²) in [6.07, 6.45) is 3.07. The number of nitrogens with two attached hydrogens (primary N) is 1. The van der Waals surface area contributed by atoms with Crippen LogP contribution in [0.3, 0.4) is 0 Å². The number of nitro groups is 1. The van der Waals surface area contributed by atoms with Crippen molar-refractivity contribution in [1.82, 2.24) is 10.4 Å². The van der Waals surface area contributed by atoms with Crippen LogP contribution in [0.4, 0.5) is 0 Å². The van der Waals surface area contributed by atoms with Crippen molar-refractivity contribution in [3.05, 3.63) is 33.7 Å². The number of hydrogen-bond acceptors (Lipinski definition) is 7. The Hall–Kier alpha value is -1.93. The first-order valence-electron chi connectivity index (χ1n) is 5.13. The van der Waals surface area contributed by atoms with Gasteiger partial charge in [0, 0.05) is 26.2 Å². The number of rotatable bonds is 4. The lowest BCUT2D eigenvalue weighted by Crippen LogP contribution is -2.41. The van der Waals surface area contributed by atoms with Gasteiger partial charge in [0.2, 0.25) is 0 Å². The summed E-state index contributed by atoms with van der Waals surface area (Å²) in [5.41, 5.74) is 6.65. The maximum Gasteiger partial charge on any atom is 0.273 e. The maximum atomic E-state index is 10.9. The van der Waals surface area contributed by atoms with Gasteiger partial charge in [-0.25, -0.2) is 0 Å². The lowest BCUT2D eigenvalue weighted by Gasteiger charge is -2.19. The summed E-state index contributed by atoms with van der Waals surface area (Å²) >= 11 is 0. The molecule has 0 aromatic heterocycles. The standard InChI is InChI=1S/C9H13N5O3/c1-13-9-7(14(15)16)3-2-6(11-5-4-10)8(9)12-17-13/h2-3,9,11H,4-5,10H2,1H3. The normalized spacial score (nSPS) is 23.2. The maximum absolute atomic E-state index is 10.9. The van der Waals surface area contributed by atoms with Crippen molar-refractivity contribution >= 4 is 5.71 Å². The molecule has 1 aliphatic carbocycles. The van der Waals surface area contributed by atoms with Gasteiger partial charge in [-0.3, -0.25) is 15.1 Å². The highest BCUT2D eigenvalue weighted by molar-refractivity contribution is 6.06. The van der Waals surface area contributed by atoms with E-state index in [4.69, 9.17) is 10.7 Å². The summed E-state index contributed by atoms with van der Waals surface area (Å²) in [6, 6.07) is -0.574. The molecule has 1 unspecified atom stereocenters. The Balaban J connectivity index is 2.29. The number of hydrogen-bond donors (Lipinski definition) is 2. The molecule has 8 heteroatoms. The van der Waals surface area contributed by atoms with Crippen molar-refractivity contribution in [3.8, 4) is 0 Å². The Morgan fingerprint density at radius 1 is 1.71 bits per heavy atom. The monoisotopic (exact) mass is 239 g/mol. The number of nitrogens with zero attached hydrogens (tertiary/aromatic N) is 3. The molecule has 0 saturated carbocycles. The minimum Gasteiger partial charge on any atom is -0.382 e. The number of hydroxylamine groups is 2. The Kier molecular flexibility index (Phi) is 3.07. The Bertz CT molecular complexity index is 428. The van der Waals surface area contributed by atoms with Crippen LogP contribution in [0.25, 0.3) is 0 Å². The van der Waals surface area contributed by atoms with E-state index in [9.17, 15) is 10.1 Å². The first-order chi connectivity index (χ1) is 8.15. The van der Waals surface area contributed by atoms with Crippen LogP contribution in [0.5, 0.6) is 0 Å². The zero-order valence-electron chi connectivity index (χ0n) is 9.29. The predicted octanol–water partition coefficient (Wildman–Crippen LogP) is -0.806. The van der Waals surface area contributed by atoms with Crippen LogP contribution in [-0.2, 0) is 4.94 Å². The molecular formula is C9H13N5O3. The average molecular weight is 239 g/mol. The molecule has 0 bridgehead atoms. The first-order valence-corrected chi connectivity index (χ1v) is 5.13. The van der Waals surface area contributed by atoms with Crippen molar-refractivity contribution in [3.63, 3.8) is 0 Å². The van der Waals surface area contributed by atoms with E-state index in [-0.39, 0.29) is 5.70 Å². The molecule has 3 N–H and O–H groups in total. The van der Waals surface area contributed by atoms with Gasteiger partial charge in [-0.2, -0.15) is 0 Å². The fourth-order valence-corrected chi connectivity index (χ4v) is 1.76. The fourth-order valence-electron chi connectivity index (χ4n) is 1.76. The van der Waals surface area contributed by atoms with Crippen LogP contribution < -0.4 is 11.1 Å². The summed E-state index contributed by atoms with van der Waals surface area (Å²) in [5.74, 6) is 0. The second-order valence-corrected chi connectivity index (χ2v) is 3.65. The van der Waals surface area contributed by atoms with Gasteiger partial charge in [-0.05, 0) is 6.08 Å². The van der Waals surface area contributed by atoms with Crippen LogP contribution in [0, 0.1) is 10.1 Å². The van der Waals surface area contributed by atoms with Crippen LogP contribution in [0.2, 0.25) is 0 Å². The van der Waals surface area contributed by atoms with Crippen molar-refractivity contribution in [1.29, 1.82) is 0 Å². The summed E-state index contributed by atoms with van der Waals surface area (Å²) in [6.45, 7) is 1.04. The number of nitrogens with one attached hydrogen (secondary N) is 1. The van der Waals surface area contributed by atoms with E-state index in [1.807, 2.05) is 0 Å². The van der Waals surface area contributed by atoms with E-state index in [0.29, 0.717) is 24.5 Å². The highest BCUT2D eigenvalue weighted by Gasteiger charge is 2.42. The molecule has 92 valence electrons. The number of likely N-dealkylation sites (N-methyl/N-ethyl adjacent to an activating group) is 1. The lowest BCUT2D eigenvalue weighted by molar-refractivity contribution is -0.433. The minimum absolute atomic E-state index is 0.0436. The SMILES string of the molecule is CN1ON=C2C(NCCN)=CC=C([N+](=O)[O-])C21. The third-order valence-corrected chi connectivity index (χ3v) is 2.54. The lowest BCUT2D eigenvalue weighted by atomic mass is 10.00. The molecule has 0 aromatic carbocycles. The number of fused-ring (bicyclic) bond motifs is 1. The second kappa shape index (κ2) is 4.52. The molecule has 8 nitrogen and oxygen atoms in total. The second-order valence-electron chi connectivity index (χ2n) is 3.65. The molecule has 0 aromatic rings. The van der Waals surface area contributed by atoms with Crippen LogP contribution in [0.1, 0.15) is 0 Å². The molecule has 1 atom stereocenters. The van der Waals surface area contributed by atoms with Crippen molar-refractivity contribution in [2.45, 2.75) is 6.04 Å². The molecule has 0 spiro atoms. The van der Waals surface area contributed by atoms with Crippen LogP contribution >= 0.6 is 0 Å². The van der Waals surface area contributed by atoms with Crippen LogP contribution in [0.15, 0.2) is 28.7 Å². The van der Waals surface area contributed by atoms with Gasteiger partial charge in [0.1, 0.15) is 5.71 Å². The average Bonchev–Trinajstić information content (AvgIpc) is 2.69. The third kappa shape index (κ3) is 1.99. The molecule has 1 heterocycles. The van der Waals surface area contributed by atoms with E-state index < -0.39 is 11.0 Å². The largest absolute Gasteiger partial charge is 0.382 e. The Morgan fingerprint density at radius 3 is 3.12 bits per heavy atom. The van der Waals surface area contributed by atoms with Crippen LogP contribution in [-0.4, -0.2) is 41.9 Å². The van der Waals surface area contributed by atoms with E-state index in [0.717, 1.165) is 0 Å². The van der Waals surface area contributed by atoms with Gasteiger partial charge >= 0.3 is 0 Å². The predicted molar refractivity (Wildman–Crippen MR) is 60.3 cm³/mol. The molecule has 17 heavy (non-hydrogen) atoms. The number of oxime groups is 1. The summed E-state index contributed by atoms with van der Waals surface area (Å²) in [5, 5.41) is 19.1. The molecule has 0 radical (unpaired) electrons. The zero-order chi connectivity index (χ0) is 12.4. The Labute approximate surface area is 97.5 Å². The molecule has 0 amide bonds. The Morgan fingerprint density at radius 2 is 2.47 bits per heavy atom. The highest BCUT2D eigenvalue weighted by Crippen LogP contribution is 2.25. The molecule has 0 saturated heterocycles. The molecule has 0 fully saturated rings. The summed E-state index contributed by atoms with van der Waals surface area (Å²) in [7, 11) is 1.60. The third-order valence-electron chi connectivity index (χ3n) is 2.54. The van der Waals surface area contributed by atoms with E-state index in [1.165, 1.54) is 11.1 Å². The van der Waals surface area contributed by atoms with E-state index >= 15 is 0 Å². The number of allylic oxidation sites excluding steroid dienone is 2.